The van der Waals surface area contributed by atoms with Gasteiger partial charge in [-0.2, -0.15) is 0 Å². The first-order valence-electron chi connectivity index (χ1n) is 8.02. The molecule has 7 nitrogen and oxygen atoms in total. The van der Waals surface area contributed by atoms with Gasteiger partial charge in [-0.15, -0.1) is 0 Å². The Hall–Kier alpha value is -1.58. The topological polar surface area (TPSA) is 96.9 Å². The van der Waals surface area contributed by atoms with Crippen molar-refractivity contribution in [3.63, 3.8) is 0 Å². The Morgan fingerprint density at radius 3 is 2.76 bits per heavy atom. The van der Waals surface area contributed by atoms with Crippen LogP contribution >= 0.6 is 11.8 Å². The molecule has 2 atom stereocenters. The first-order valence-corrected chi connectivity index (χ1v) is 10.7. The molecule has 1 amide bonds. The molecule has 0 saturated carbocycles. The Bertz CT molecular complexity index is 762. The normalized spacial score (nSPS) is 23.8. The maximum Gasteiger partial charge on any atom is 0.224 e. The summed E-state index contributed by atoms with van der Waals surface area (Å²) in [6.45, 7) is 1.00. The second kappa shape index (κ2) is 7.76. The lowest BCUT2D eigenvalue weighted by atomic mass is 10.1. The number of nitrogens with zero attached hydrogens (tertiary/aromatic N) is 1. The van der Waals surface area contributed by atoms with Crippen molar-refractivity contribution in [2.24, 2.45) is 4.99 Å². The number of carbonyl (C=O) groups is 1. The van der Waals surface area contributed by atoms with Crippen molar-refractivity contribution in [1.82, 2.24) is 5.32 Å². The molecular weight excluding hydrogens is 362 g/mol. The molecule has 1 saturated heterocycles. The van der Waals surface area contributed by atoms with Crippen molar-refractivity contribution in [2.75, 3.05) is 37.1 Å². The number of benzene rings is 1. The number of methoxy groups -OCH3 is 1. The molecule has 0 radical (unpaired) electrons. The van der Waals surface area contributed by atoms with Crippen LogP contribution in [0.25, 0.3) is 0 Å². The van der Waals surface area contributed by atoms with E-state index in [1.165, 1.54) is 11.8 Å². The fourth-order valence-corrected chi connectivity index (χ4v) is 6.46. The Morgan fingerprint density at radius 2 is 2.08 bits per heavy atom. The Labute approximate surface area is 151 Å². The zero-order valence-electron chi connectivity index (χ0n) is 13.9. The van der Waals surface area contributed by atoms with E-state index in [2.05, 4.69) is 15.6 Å². The van der Waals surface area contributed by atoms with Gasteiger partial charge in [0, 0.05) is 24.6 Å². The van der Waals surface area contributed by atoms with Crippen molar-refractivity contribution in [2.45, 2.75) is 17.7 Å². The van der Waals surface area contributed by atoms with Crippen LogP contribution in [0.3, 0.4) is 0 Å². The maximum absolute atomic E-state index is 11.8. The highest BCUT2D eigenvalue weighted by atomic mass is 32.2. The van der Waals surface area contributed by atoms with Crippen LogP contribution in [0.2, 0.25) is 0 Å². The molecule has 1 aromatic rings. The van der Waals surface area contributed by atoms with Gasteiger partial charge in [0.2, 0.25) is 5.91 Å². The predicted octanol–water partition coefficient (Wildman–Crippen LogP) is 0.672. The number of anilines is 1. The van der Waals surface area contributed by atoms with Crippen LogP contribution in [0.1, 0.15) is 5.56 Å². The SMILES string of the molecule is COCCNC(=O)Cc1ccc(NC2=N[C@H]3CS(=O)(=O)C[C@@H]3S2)cc1. The van der Waals surface area contributed by atoms with Gasteiger partial charge in [-0.25, -0.2) is 8.42 Å². The third-order valence-corrected chi connectivity index (χ3v) is 7.16. The van der Waals surface area contributed by atoms with Crippen LogP contribution in [-0.4, -0.2) is 62.6 Å². The van der Waals surface area contributed by atoms with Crippen molar-refractivity contribution in [3.05, 3.63) is 29.8 Å². The highest BCUT2D eigenvalue weighted by Crippen LogP contribution is 2.34. The second-order valence-corrected chi connectivity index (χ2v) is 9.46. The molecule has 0 spiro atoms. The zero-order chi connectivity index (χ0) is 17.9. The van der Waals surface area contributed by atoms with E-state index >= 15 is 0 Å². The van der Waals surface area contributed by atoms with Gasteiger partial charge in [0.15, 0.2) is 15.0 Å². The lowest BCUT2D eigenvalue weighted by Gasteiger charge is -2.08. The van der Waals surface area contributed by atoms with Gasteiger partial charge >= 0.3 is 0 Å². The molecule has 2 N–H and O–H groups in total. The molecule has 3 rings (SSSR count). The van der Waals surface area contributed by atoms with E-state index < -0.39 is 9.84 Å². The highest BCUT2D eigenvalue weighted by molar-refractivity contribution is 8.15. The average Bonchev–Trinajstić information content (AvgIpc) is 3.02. The molecule has 0 bridgehead atoms. The molecule has 1 fully saturated rings. The molecule has 0 aromatic heterocycles. The lowest BCUT2D eigenvalue weighted by Crippen LogP contribution is -2.28. The summed E-state index contributed by atoms with van der Waals surface area (Å²) in [6, 6.07) is 7.44. The van der Waals surface area contributed by atoms with E-state index in [9.17, 15) is 13.2 Å². The molecule has 2 heterocycles. The highest BCUT2D eigenvalue weighted by Gasteiger charge is 2.42. The Balaban J connectivity index is 1.51. The van der Waals surface area contributed by atoms with E-state index in [0.717, 1.165) is 16.4 Å². The quantitative estimate of drug-likeness (QED) is 0.701. The van der Waals surface area contributed by atoms with E-state index in [-0.39, 0.29) is 28.7 Å². The molecule has 0 aliphatic carbocycles. The molecule has 0 unspecified atom stereocenters. The number of fused-ring (bicyclic) bond motifs is 1. The van der Waals surface area contributed by atoms with E-state index in [4.69, 9.17) is 4.74 Å². The number of thioether (sulfide) groups is 1. The minimum Gasteiger partial charge on any atom is -0.383 e. The summed E-state index contributed by atoms with van der Waals surface area (Å²) in [5, 5.41) is 6.79. The summed E-state index contributed by atoms with van der Waals surface area (Å²) < 4.78 is 28.0. The maximum atomic E-state index is 11.8. The molecule has 2 aliphatic rings. The smallest absolute Gasteiger partial charge is 0.224 e. The first-order chi connectivity index (χ1) is 11.9. The summed E-state index contributed by atoms with van der Waals surface area (Å²) in [4.78, 5) is 16.2. The molecule has 1 aromatic carbocycles. The average molecular weight is 383 g/mol. The number of carbonyl (C=O) groups excluding carboxylic acids is 1. The standard InChI is InChI=1S/C16H21N3O4S2/c1-23-7-6-17-15(20)8-11-2-4-12(5-3-11)18-16-19-13-9-25(21,22)10-14(13)24-16/h2-5,13-14H,6-10H2,1H3,(H,17,20)(H,18,19)/t13-,14-/m0/s1. The Kier molecular flexibility index (Phi) is 5.65. The molecule has 2 aliphatic heterocycles. The van der Waals surface area contributed by atoms with Gasteiger partial charge in [0.05, 0.1) is 30.6 Å². The van der Waals surface area contributed by atoms with E-state index in [0.29, 0.717) is 19.6 Å². The van der Waals surface area contributed by atoms with Crippen molar-refractivity contribution < 1.29 is 17.9 Å². The van der Waals surface area contributed by atoms with Crippen LogP contribution in [0.15, 0.2) is 29.3 Å². The lowest BCUT2D eigenvalue weighted by molar-refractivity contribution is -0.120. The summed E-state index contributed by atoms with van der Waals surface area (Å²) in [5.41, 5.74) is 1.79. The Morgan fingerprint density at radius 1 is 1.32 bits per heavy atom. The number of hydrogen-bond donors (Lipinski definition) is 2. The van der Waals surface area contributed by atoms with Crippen molar-refractivity contribution in [1.29, 1.82) is 0 Å². The number of hydrogen-bond acceptors (Lipinski definition) is 7. The summed E-state index contributed by atoms with van der Waals surface area (Å²) >= 11 is 1.49. The number of nitrogens with one attached hydrogen (secondary N) is 2. The number of ether oxygens (including phenoxy) is 1. The third kappa shape index (κ3) is 4.96. The van der Waals surface area contributed by atoms with Crippen molar-refractivity contribution in [3.8, 4) is 0 Å². The zero-order valence-corrected chi connectivity index (χ0v) is 15.5. The van der Waals surface area contributed by atoms with Crippen LogP contribution in [0.5, 0.6) is 0 Å². The van der Waals surface area contributed by atoms with E-state index in [1.807, 2.05) is 24.3 Å². The summed E-state index contributed by atoms with van der Waals surface area (Å²) in [6.07, 6.45) is 0.321. The first kappa shape index (κ1) is 18.2. The fraction of sp³-hybridized carbons (Fsp3) is 0.500. The van der Waals surface area contributed by atoms with Gasteiger partial charge in [-0.1, -0.05) is 23.9 Å². The minimum absolute atomic E-state index is 0.0302. The molecule has 9 heteroatoms. The van der Waals surface area contributed by atoms with E-state index in [1.54, 1.807) is 7.11 Å². The largest absolute Gasteiger partial charge is 0.383 e. The monoisotopic (exact) mass is 383 g/mol. The molecular formula is C16H21N3O4S2. The number of amides is 1. The van der Waals surface area contributed by atoms with Crippen LogP contribution in [0, 0.1) is 0 Å². The van der Waals surface area contributed by atoms with Gasteiger partial charge in [0.1, 0.15) is 0 Å². The van der Waals surface area contributed by atoms with Crippen LogP contribution in [0.4, 0.5) is 5.69 Å². The molecule has 136 valence electrons. The fourth-order valence-electron chi connectivity index (χ4n) is 2.79. The van der Waals surface area contributed by atoms with Crippen LogP contribution in [-0.2, 0) is 25.8 Å². The van der Waals surface area contributed by atoms with Gasteiger partial charge < -0.3 is 15.4 Å². The van der Waals surface area contributed by atoms with Crippen LogP contribution < -0.4 is 10.6 Å². The second-order valence-electron chi connectivity index (χ2n) is 6.08. The molecule has 25 heavy (non-hydrogen) atoms. The number of rotatable bonds is 6. The number of amidine groups is 1. The van der Waals surface area contributed by atoms with Crippen molar-refractivity contribution >= 4 is 38.4 Å². The van der Waals surface area contributed by atoms with Gasteiger partial charge in [-0.05, 0) is 17.7 Å². The summed E-state index contributed by atoms with van der Waals surface area (Å²) in [7, 11) is -1.33. The third-order valence-electron chi connectivity index (χ3n) is 4.02. The number of aliphatic imine (C=N–C) groups is 1. The minimum atomic E-state index is -2.93. The summed E-state index contributed by atoms with van der Waals surface area (Å²) in [5.74, 6) is 0.309. The number of sulfone groups is 1. The predicted molar refractivity (Wildman–Crippen MR) is 99.9 cm³/mol. The van der Waals surface area contributed by atoms with Gasteiger partial charge in [0.25, 0.3) is 0 Å². The van der Waals surface area contributed by atoms with Gasteiger partial charge in [-0.3, -0.25) is 9.79 Å².